The van der Waals surface area contributed by atoms with E-state index in [1.807, 2.05) is 17.0 Å². The van der Waals surface area contributed by atoms with E-state index in [1.165, 1.54) is 19.2 Å². The number of ether oxygens (including phenoxy) is 2. The first-order chi connectivity index (χ1) is 15.8. The molecule has 4 rings (SSSR count). The fraction of sp³-hybridized carbons (Fsp3) is 0.273. The molecule has 11 heteroatoms. The van der Waals surface area contributed by atoms with Crippen molar-refractivity contribution in [3.8, 4) is 11.5 Å². The van der Waals surface area contributed by atoms with E-state index in [2.05, 4.69) is 20.6 Å². The van der Waals surface area contributed by atoms with Gasteiger partial charge in [-0.2, -0.15) is 9.97 Å². The van der Waals surface area contributed by atoms with E-state index in [0.29, 0.717) is 42.1 Å². The van der Waals surface area contributed by atoms with Crippen LogP contribution in [0.4, 0.5) is 33.3 Å². The fourth-order valence-electron chi connectivity index (χ4n) is 3.35. The van der Waals surface area contributed by atoms with Crippen molar-refractivity contribution in [2.24, 2.45) is 0 Å². The Kier molecular flexibility index (Phi) is 6.50. The average molecular weight is 474 g/mol. The lowest BCUT2D eigenvalue weighted by atomic mass is 10.3. The molecule has 0 saturated carbocycles. The van der Waals surface area contributed by atoms with Crippen molar-refractivity contribution in [1.29, 1.82) is 0 Å². The standard InChI is InChI=1S/C22H24FN5O4S/c1-31-17-6-3-15(4-7-17)25-22-26-20(24-16-5-8-19(32-2)18(23)13-16)14-21(27-22)28-9-11-33(29,30)12-10-28/h3-8,13-14H,9-12H2,1-2H3,(H2,24,25,26,27). The van der Waals surface area contributed by atoms with E-state index in [1.54, 1.807) is 31.4 Å². The number of rotatable bonds is 7. The molecule has 9 nitrogen and oxygen atoms in total. The summed E-state index contributed by atoms with van der Waals surface area (Å²) in [6.07, 6.45) is 0. The van der Waals surface area contributed by atoms with Crippen LogP contribution in [0.15, 0.2) is 48.5 Å². The summed E-state index contributed by atoms with van der Waals surface area (Å²) in [4.78, 5) is 11.0. The predicted octanol–water partition coefficient (Wildman–Crippen LogP) is 3.35. The molecule has 0 unspecified atom stereocenters. The first-order valence-corrected chi connectivity index (χ1v) is 12.0. The van der Waals surface area contributed by atoms with Crippen molar-refractivity contribution < 1.29 is 22.3 Å². The molecule has 0 amide bonds. The van der Waals surface area contributed by atoms with Crippen molar-refractivity contribution in [2.75, 3.05) is 54.3 Å². The Balaban J connectivity index is 1.64. The summed E-state index contributed by atoms with van der Waals surface area (Å²) < 4.78 is 48.0. The van der Waals surface area contributed by atoms with E-state index >= 15 is 0 Å². The van der Waals surface area contributed by atoms with Gasteiger partial charge in [-0.3, -0.25) is 0 Å². The molecule has 1 aromatic heterocycles. The van der Waals surface area contributed by atoms with Gasteiger partial charge in [0.2, 0.25) is 5.95 Å². The van der Waals surface area contributed by atoms with Gasteiger partial charge < -0.3 is 25.0 Å². The monoisotopic (exact) mass is 473 g/mol. The number of halogens is 1. The molecule has 1 aliphatic heterocycles. The summed E-state index contributed by atoms with van der Waals surface area (Å²) in [5.41, 5.74) is 1.23. The van der Waals surface area contributed by atoms with E-state index in [9.17, 15) is 12.8 Å². The molecule has 1 aliphatic rings. The van der Waals surface area contributed by atoms with Crippen LogP contribution in [0.5, 0.6) is 11.5 Å². The van der Waals surface area contributed by atoms with Gasteiger partial charge in [0.25, 0.3) is 0 Å². The van der Waals surface area contributed by atoms with Gasteiger partial charge in [0.05, 0.1) is 25.7 Å². The highest BCUT2D eigenvalue weighted by Crippen LogP contribution is 2.27. The molecule has 1 fully saturated rings. The van der Waals surface area contributed by atoms with Gasteiger partial charge in [0, 0.05) is 36.6 Å². The second-order valence-corrected chi connectivity index (χ2v) is 9.71. The van der Waals surface area contributed by atoms with Gasteiger partial charge in [0.15, 0.2) is 21.4 Å². The second kappa shape index (κ2) is 9.49. The molecule has 0 atom stereocenters. The summed E-state index contributed by atoms with van der Waals surface area (Å²) in [7, 11) is -0.0488. The maximum Gasteiger partial charge on any atom is 0.231 e. The average Bonchev–Trinajstić information content (AvgIpc) is 2.79. The minimum Gasteiger partial charge on any atom is -0.497 e. The topological polar surface area (TPSA) is 106 Å². The first-order valence-electron chi connectivity index (χ1n) is 10.2. The maximum atomic E-state index is 14.1. The number of sulfone groups is 1. The van der Waals surface area contributed by atoms with Gasteiger partial charge in [-0.05, 0) is 36.4 Å². The number of benzene rings is 2. The van der Waals surface area contributed by atoms with E-state index < -0.39 is 15.7 Å². The highest BCUT2D eigenvalue weighted by atomic mass is 32.2. The predicted molar refractivity (Wildman–Crippen MR) is 125 cm³/mol. The Labute approximate surface area is 191 Å². The Morgan fingerprint density at radius 2 is 1.61 bits per heavy atom. The van der Waals surface area contributed by atoms with Crippen LogP contribution < -0.4 is 25.0 Å². The zero-order valence-corrected chi connectivity index (χ0v) is 19.0. The molecule has 0 aliphatic carbocycles. The normalized spacial score (nSPS) is 15.1. The van der Waals surface area contributed by atoms with Crippen LogP contribution in [-0.2, 0) is 9.84 Å². The Morgan fingerprint density at radius 3 is 2.24 bits per heavy atom. The minimum absolute atomic E-state index is 0.0602. The molecule has 33 heavy (non-hydrogen) atoms. The second-order valence-electron chi connectivity index (χ2n) is 7.40. The van der Waals surface area contributed by atoms with E-state index in [-0.39, 0.29) is 17.3 Å². The number of aromatic nitrogens is 2. The fourth-order valence-corrected chi connectivity index (χ4v) is 4.55. The number of hydrogen-bond acceptors (Lipinski definition) is 9. The van der Waals surface area contributed by atoms with Crippen LogP contribution in [0.2, 0.25) is 0 Å². The van der Waals surface area contributed by atoms with Crippen molar-refractivity contribution >= 4 is 38.8 Å². The summed E-state index contributed by atoms with van der Waals surface area (Å²) >= 11 is 0. The Morgan fingerprint density at radius 1 is 0.909 bits per heavy atom. The quantitative estimate of drug-likeness (QED) is 0.534. The van der Waals surface area contributed by atoms with E-state index in [4.69, 9.17) is 9.47 Å². The molecule has 2 N–H and O–H groups in total. The molecule has 0 radical (unpaired) electrons. The number of hydrogen-bond donors (Lipinski definition) is 2. The highest BCUT2D eigenvalue weighted by molar-refractivity contribution is 7.91. The number of methoxy groups -OCH3 is 2. The summed E-state index contributed by atoms with van der Waals surface area (Å²) in [5.74, 6) is 1.77. The first kappa shape index (κ1) is 22.6. The van der Waals surface area contributed by atoms with Crippen LogP contribution in [0, 0.1) is 5.82 Å². The summed E-state index contributed by atoms with van der Waals surface area (Å²) in [6, 6.07) is 13.5. The van der Waals surface area contributed by atoms with Crippen molar-refractivity contribution in [3.63, 3.8) is 0 Å². The molecule has 174 valence electrons. The van der Waals surface area contributed by atoms with Crippen LogP contribution in [0.3, 0.4) is 0 Å². The SMILES string of the molecule is COc1ccc(Nc2nc(Nc3ccc(OC)c(F)c3)cc(N3CCS(=O)(=O)CC3)n2)cc1. The molecule has 2 heterocycles. The third-order valence-corrected chi connectivity index (χ3v) is 6.76. The zero-order valence-electron chi connectivity index (χ0n) is 18.2. The lowest BCUT2D eigenvalue weighted by Crippen LogP contribution is -2.40. The lowest BCUT2D eigenvalue weighted by Gasteiger charge is -2.28. The van der Waals surface area contributed by atoms with E-state index in [0.717, 1.165) is 5.69 Å². The highest BCUT2D eigenvalue weighted by Gasteiger charge is 2.23. The Bertz CT molecular complexity index is 1220. The smallest absolute Gasteiger partial charge is 0.231 e. The lowest BCUT2D eigenvalue weighted by molar-refractivity contribution is 0.386. The third kappa shape index (κ3) is 5.61. The van der Waals surface area contributed by atoms with Gasteiger partial charge in [-0.25, -0.2) is 12.8 Å². The van der Waals surface area contributed by atoms with Gasteiger partial charge in [-0.1, -0.05) is 0 Å². The molecule has 2 aromatic carbocycles. The molecular formula is C22H24FN5O4S. The maximum absolute atomic E-state index is 14.1. The number of nitrogens with zero attached hydrogens (tertiary/aromatic N) is 3. The summed E-state index contributed by atoms with van der Waals surface area (Å²) in [5, 5.41) is 6.23. The third-order valence-electron chi connectivity index (χ3n) is 5.15. The van der Waals surface area contributed by atoms with Crippen molar-refractivity contribution in [3.05, 3.63) is 54.3 Å². The molecule has 0 bridgehead atoms. The van der Waals surface area contributed by atoms with Gasteiger partial charge in [0.1, 0.15) is 17.4 Å². The molecule has 1 saturated heterocycles. The molecule has 3 aromatic rings. The van der Waals surface area contributed by atoms with Gasteiger partial charge in [-0.15, -0.1) is 0 Å². The Hall–Kier alpha value is -3.60. The number of nitrogens with one attached hydrogen (secondary N) is 2. The van der Waals surface area contributed by atoms with Crippen LogP contribution in [0.1, 0.15) is 0 Å². The largest absolute Gasteiger partial charge is 0.497 e. The van der Waals surface area contributed by atoms with Crippen LogP contribution in [0.25, 0.3) is 0 Å². The van der Waals surface area contributed by atoms with Gasteiger partial charge >= 0.3 is 0 Å². The molecular weight excluding hydrogens is 449 g/mol. The van der Waals surface area contributed by atoms with Crippen molar-refractivity contribution in [2.45, 2.75) is 0 Å². The zero-order chi connectivity index (χ0) is 23.4. The minimum atomic E-state index is -3.04. The van der Waals surface area contributed by atoms with Crippen LogP contribution >= 0.6 is 0 Å². The summed E-state index contributed by atoms with van der Waals surface area (Å²) in [6.45, 7) is 0.663. The number of anilines is 5. The van der Waals surface area contributed by atoms with Crippen LogP contribution in [-0.4, -0.2) is 57.2 Å². The van der Waals surface area contributed by atoms with Crippen molar-refractivity contribution in [1.82, 2.24) is 9.97 Å². The molecule has 0 spiro atoms.